The van der Waals surface area contributed by atoms with Gasteiger partial charge in [0.1, 0.15) is 11.6 Å². The van der Waals surface area contributed by atoms with Crippen LogP contribution in [0.3, 0.4) is 0 Å². The molecule has 3 aliphatic heterocycles. The normalized spacial score (nSPS) is 30.8. The third-order valence-electron chi connectivity index (χ3n) is 6.85. The summed E-state index contributed by atoms with van der Waals surface area (Å²) in [6.45, 7) is 10.8. The summed E-state index contributed by atoms with van der Waals surface area (Å²) in [5.41, 5.74) is -1.51. The molecule has 4 rings (SSSR count). The molecule has 2 saturated heterocycles. The Morgan fingerprint density at radius 1 is 1.31 bits per heavy atom. The van der Waals surface area contributed by atoms with Gasteiger partial charge in [0.2, 0.25) is 17.7 Å². The fraction of sp³-hybridized carbons (Fsp3) is 0.625. The molecule has 174 valence electrons. The Balaban J connectivity index is 1.63. The maximum absolute atomic E-state index is 13.7. The van der Waals surface area contributed by atoms with Gasteiger partial charge in [0.05, 0.1) is 24.5 Å². The smallest absolute Gasteiger partial charge is 0.246 e. The van der Waals surface area contributed by atoms with E-state index in [2.05, 4.69) is 10.6 Å². The highest BCUT2D eigenvalue weighted by atomic mass is 32.1. The molecule has 0 aromatic carbocycles. The summed E-state index contributed by atoms with van der Waals surface area (Å²) in [5.74, 6) is -1.75. The second-order valence-electron chi connectivity index (χ2n) is 10.1. The van der Waals surface area contributed by atoms with Gasteiger partial charge in [-0.05, 0) is 37.6 Å². The third kappa shape index (κ3) is 3.77. The van der Waals surface area contributed by atoms with Gasteiger partial charge < -0.3 is 20.3 Å². The number of likely N-dealkylation sites (tertiary alicyclic amines) is 1. The number of hydrogen-bond acceptors (Lipinski definition) is 5. The molecule has 5 atom stereocenters. The molecule has 0 radical (unpaired) electrons. The van der Waals surface area contributed by atoms with Crippen LogP contribution in [0.1, 0.15) is 45.9 Å². The number of ether oxygens (including phenoxy) is 1. The van der Waals surface area contributed by atoms with Gasteiger partial charge >= 0.3 is 0 Å². The van der Waals surface area contributed by atoms with E-state index in [0.29, 0.717) is 13.1 Å². The first kappa shape index (κ1) is 23.0. The minimum absolute atomic E-state index is 0.170. The molecule has 3 aliphatic rings. The van der Waals surface area contributed by atoms with Crippen molar-refractivity contribution in [3.63, 3.8) is 0 Å². The average Bonchev–Trinajstić information content (AvgIpc) is 3.48. The zero-order valence-electron chi connectivity index (χ0n) is 19.4. The highest BCUT2D eigenvalue weighted by Crippen LogP contribution is 2.55. The molecule has 2 bridgehead atoms. The molecule has 32 heavy (non-hydrogen) atoms. The monoisotopic (exact) mass is 459 g/mol. The minimum Gasteiger partial charge on any atom is -0.359 e. The zero-order valence-corrected chi connectivity index (χ0v) is 20.2. The highest BCUT2D eigenvalue weighted by Gasteiger charge is 2.72. The largest absolute Gasteiger partial charge is 0.359 e. The number of thiophene rings is 1. The average molecular weight is 460 g/mol. The second-order valence-corrected chi connectivity index (χ2v) is 11.1. The van der Waals surface area contributed by atoms with E-state index >= 15 is 0 Å². The number of nitrogens with zero attached hydrogens (tertiary/aromatic N) is 1. The summed E-state index contributed by atoms with van der Waals surface area (Å²) in [5, 5.41) is 8.04. The Kier molecular flexibility index (Phi) is 5.96. The van der Waals surface area contributed by atoms with E-state index in [1.165, 1.54) is 0 Å². The van der Waals surface area contributed by atoms with E-state index in [1.54, 1.807) is 16.2 Å². The number of nitrogens with one attached hydrogen (secondary N) is 2. The lowest BCUT2D eigenvalue weighted by Crippen LogP contribution is -2.58. The molecule has 0 unspecified atom stereocenters. The first-order chi connectivity index (χ1) is 15.1. The van der Waals surface area contributed by atoms with Gasteiger partial charge in [-0.3, -0.25) is 14.4 Å². The Morgan fingerprint density at radius 3 is 2.69 bits per heavy atom. The maximum atomic E-state index is 13.7. The maximum Gasteiger partial charge on any atom is 0.246 e. The van der Waals surface area contributed by atoms with E-state index in [-0.39, 0.29) is 23.6 Å². The van der Waals surface area contributed by atoms with Gasteiger partial charge in [-0.25, -0.2) is 0 Å². The number of carbonyl (C=O) groups is 3. The van der Waals surface area contributed by atoms with Gasteiger partial charge in [0.25, 0.3) is 0 Å². The van der Waals surface area contributed by atoms with Gasteiger partial charge in [-0.15, -0.1) is 11.3 Å². The van der Waals surface area contributed by atoms with Crippen molar-refractivity contribution in [2.45, 2.75) is 70.9 Å². The lowest BCUT2D eigenvalue weighted by Gasteiger charge is -2.35. The van der Waals surface area contributed by atoms with Crippen LogP contribution in [0.25, 0.3) is 0 Å². The fourth-order valence-corrected chi connectivity index (χ4v) is 5.70. The molecule has 1 aromatic rings. The van der Waals surface area contributed by atoms with Crippen LogP contribution in [0.2, 0.25) is 0 Å². The van der Waals surface area contributed by atoms with Crippen molar-refractivity contribution >= 4 is 29.1 Å². The molecule has 2 N–H and O–H groups in total. The molecule has 8 heteroatoms. The fourth-order valence-electron chi connectivity index (χ4n) is 5.05. The Bertz CT molecular complexity index is 926. The van der Waals surface area contributed by atoms with Crippen molar-refractivity contribution in [3.05, 3.63) is 34.5 Å². The molecule has 1 aromatic heterocycles. The van der Waals surface area contributed by atoms with Crippen LogP contribution in [-0.4, -0.2) is 52.5 Å². The number of amides is 3. The summed E-state index contributed by atoms with van der Waals surface area (Å²) in [4.78, 5) is 43.1. The molecule has 7 nitrogen and oxygen atoms in total. The number of fused-ring (bicyclic) bond motifs is 1. The first-order valence-corrected chi connectivity index (χ1v) is 12.3. The summed E-state index contributed by atoms with van der Waals surface area (Å²) >= 11 is 1.57. The van der Waals surface area contributed by atoms with Crippen LogP contribution in [-0.2, 0) is 25.7 Å². The number of carbonyl (C=O) groups excluding carboxylic acids is 3. The van der Waals surface area contributed by atoms with Crippen molar-refractivity contribution in [2.24, 2.45) is 17.8 Å². The van der Waals surface area contributed by atoms with E-state index < -0.39 is 35.1 Å². The van der Waals surface area contributed by atoms with Crippen LogP contribution in [0.4, 0.5) is 0 Å². The topological polar surface area (TPSA) is 87.7 Å². The lowest BCUT2D eigenvalue weighted by atomic mass is 9.74. The second kappa shape index (κ2) is 8.30. The van der Waals surface area contributed by atoms with Crippen LogP contribution < -0.4 is 10.6 Å². The zero-order chi connectivity index (χ0) is 23.3. The van der Waals surface area contributed by atoms with E-state index in [4.69, 9.17) is 4.74 Å². The Hall–Kier alpha value is -2.19. The molecule has 2 fully saturated rings. The predicted molar refractivity (Wildman–Crippen MR) is 123 cm³/mol. The molecular formula is C24H33N3O4S. The van der Waals surface area contributed by atoms with Crippen LogP contribution in [0.5, 0.6) is 0 Å². The number of hydrogen-bond donors (Lipinski definition) is 2. The quantitative estimate of drug-likeness (QED) is 0.585. The summed E-state index contributed by atoms with van der Waals surface area (Å²) < 4.78 is 6.33. The van der Waals surface area contributed by atoms with Crippen LogP contribution in [0, 0.1) is 17.8 Å². The predicted octanol–water partition coefficient (Wildman–Crippen LogP) is 2.48. The van der Waals surface area contributed by atoms with Gasteiger partial charge in [-0.1, -0.05) is 39.0 Å². The number of rotatable bonds is 8. The van der Waals surface area contributed by atoms with E-state index in [1.807, 2.05) is 64.3 Å². The summed E-state index contributed by atoms with van der Waals surface area (Å²) in [6.07, 6.45) is 3.96. The molecule has 0 saturated carbocycles. The minimum atomic E-state index is -1.10. The summed E-state index contributed by atoms with van der Waals surface area (Å²) in [7, 11) is 0. The SMILES string of the molecule is CCC(C)(C)NC(=O)[C@@H]1N(CC(C)C)C(=O)[C@H]2[C@@H](C(=O)NCc3cccs3)[C@H]3C=C[C@]12O3. The van der Waals surface area contributed by atoms with Crippen molar-refractivity contribution in [2.75, 3.05) is 6.54 Å². The van der Waals surface area contributed by atoms with E-state index in [0.717, 1.165) is 11.3 Å². The van der Waals surface area contributed by atoms with Crippen molar-refractivity contribution < 1.29 is 19.1 Å². The van der Waals surface area contributed by atoms with Crippen molar-refractivity contribution in [1.29, 1.82) is 0 Å². The van der Waals surface area contributed by atoms with Gasteiger partial charge in [0, 0.05) is 17.0 Å². The third-order valence-corrected chi connectivity index (χ3v) is 7.73. The van der Waals surface area contributed by atoms with Crippen molar-refractivity contribution in [1.82, 2.24) is 15.5 Å². The molecule has 0 aliphatic carbocycles. The standard InChI is InChI=1S/C24H33N3O4S/c1-6-23(4,5)26-21(29)19-24-10-9-16(31-24)17(18(24)22(30)27(19)13-14(2)3)20(28)25-12-15-8-7-11-32-15/h7-11,14,16-19H,6,12-13H2,1-5H3,(H,25,28)(H,26,29)/t16-,17+,18-,19+,24-/m1/s1. The lowest BCUT2D eigenvalue weighted by molar-refractivity contribution is -0.142. The van der Waals surface area contributed by atoms with Gasteiger partial charge in [-0.2, -0.15) is 0 Å². The molecule has 1 spiro atoms. The van der Waals surface area contributed by atoms with E-state index in [9.17, 15) is 14.4 Å². The molecular weight excluding hydrogens is 426 g/mol. The molecule has 3 amide bonds. The molecule has 4 heterocycles. The summed E-state index contributed by atoms with van der Waals surface area (Å²) in [6, 6.07) is 3.12. The first-order valence-electron chi connectivity index (χ1n) is 11.4. The van der Waals surface area contributed by atoms with Crippen molar-refractivity contribution in [3.8, 4) is 0 Å². The van der Waals surface area contributed by atoms with Crippen LogP contribution >= 0.6 is 11.3 Å². The van der Waals surface area contributed by atoms with Crippen LogP contribution in [0.15, 0.2) is 29.7 Å². The Labute approximate surface area is 193 Å². The highest BCUT2D eigenvalue weighted by molar-refractivity contribution is 7.09. The van der Waals surface area contributed by atoms with Gasteiger partial charge in [0.15, 0.2) is 0 Å². The Morgan fingerprint density at radius 2 is 2.06 bits per heavy atom.